The van der Waals surface area contributed by atoms with Crippen LogP contribution < -0.4 is 11.5 Å². The minimum absolute atomic E-state index is 0.164. The Hall–Kier alpha value is -3.08. The summed E-state index contributed by atoms with van der Waals surface area (Å²) < 4.78 is 0. The Morgan fingerprint density at radius 3 is 2.14 bits per heavy atom. The highest BCUT2D eigenvalue weighted by Gasteiger charge is 2.15. The van der Waals surface area contributed by atoms with E-state index in [1.807, 2.05) is 36.4 Å². The van der Waals surface area contributed by atoms with E-state index in [9.17, 15) is 5.11 Å². The highest BCUT2D eigenvalue weighted by Crippen LogP contribution is 2.27. The summed E-state index contributed by atoms with van der Waals surface area (Å²) in [5.74, 6) is -0.790. The molecule has 0 fully saturated rings. The second-order valence-electron chi connectivity index (χ2n) is 4.50. The van der Waals surface area contributed by atoms with Gasteiger partial charge in [0.15, 0.2) is 0 Å². The Bertz CT molecular complexity index is 721. The smallest absolute Gasteiger partial charge is 0.137 e. The molecule has 0 heterocycles. The van der Waals surface area contributed by atoms with Crippen LogP contribution in [0.3, 0.4) is 0 Å². The van der Waals surface area contributed by atoms with E-state index in [1.165, 1.54) is 6.07 Å². The molecule has 0 unspecified atom stereocenters. The van der Waals surface area contributed by atoms with Crippen LogP contribution in [0.1, 0.15) is 22.3 Å². The van der Waals surface area contributed by atoms with Crippen molar-refractivity contribution in [2.24, 2.45) is 11.5 Å². The van der Waals surface area contributed by atoms with Gasteiger partial charge in [-0.2, -0.15) is 0 Å². The number of nitrogens with two attached hydrogens (primary N) is 2. The van der Waals surface area contributed by atoms with E-state index in [0.29, 0.717) is 5.56 Å². The van der Waals surface area contributed by atoms with Gasteiger partial charge >= 0.3 is 0 Å². The van der Waals surface area contributed by atoms with Gasteiger partial charge in [-0.15, -0.1) is 0 Å². The Labute approximate surface area is 122 Å². The summed E-state index contributed by atoms with van der Waals surface area (Å²) in [6.45, 7) is 0. The van der Waals surface area contributed by atoms with Crippen LogP contribution in [0.15, 0.2) is 42.5 Å². The van der Waals surface area contributed by atoms with Crippen molar-refractivity contribution in [3.05, 3.63) is 64.7 Å². The first-order valence-corrected chi connectivity index (χ1v) is 6.28. The van der Waals surface area contributed by atoms with Gasteiger partial charge in [-0.25, -0.2) is 0 Å². The molecule has 2 rings (SSSR count). The molecule has 106 valence electrons. The van der Waals surface area contributed by atoms with Gasteiger partial charge < -0.3 is 16.6 Å². The molecule has 0 radical (unpaired) electrons. The van der Waals surface area contributed by atoms with Crippen LogP contribution in [-0.2, 0) is 0 Å². The summed E-state index contributed by atoms with van der Waals surface area (Å²) in [6, 6.07) is 12.8. The van der Waals surface area contributed by atoms with Crippen LogP contribution in [0.5, 0.6) is 5.75 Å². The van der Waals surface area contributed by atoms with Crippen molar-refractivity contribution in [1.29, 1.82) is 10.8 Å². The fourth-order valence-electron chi connectivity index (χ4n) is 2.00. The average molecular weight is 280 g/mol. The number of aromatic hydroxyl groups is 1. The van der Waals surface area contributed by atoms with E-state index >= 15 is 0 Å². The van der Waals surface area contributed by atoms with Crippen molar-refractivity contribution in [3.8, 4) is 5.75 Å². The molecule has 0 spiro atoms. The fourth-order valence-corrected chi connectivity index (χ4v) is 2.00. The molecular formula is C16H16N4O. The fraction of sp³-hybridized carbons (Fsp3) is 0. The number of hydrogen-bond donors (Lipinski definition) is 5. The number of rotatable bonds is 4. The molecule has 0 aliphatic carbocycles. The largest absolute Gasteiger partial charge is 0.506 e. The zero-order chi connectivity index (χ0) is 15.4. The quantitative estimate of drug-likeness (QED) is 0.335. The SMILES string of the molecule is N=C(N)c1ccc(C=Cc2ccccc2)c(C(=N)N)c1O. The van der Waals surface area contributed by atoms with Gasteiger partial charge in [0, 0.05) is 0 Å². The van der Waals surface area contributed by atoms with E-state index in [2.05, 4.69) is 0 Å². The highest BCUT2D eigenvalue weighted by molar-refractivity contribution is 6.07. The van der Waals surface area contributed by atoms with E-state index in [0.717, 1.165) is 5.56 Å². The molecule has 2 aromatic rings. The summed E-state index contributed by atoms with van der Waals surface area (Å²) in [7, 11) is 0. The van der Waals surface area contributed by atoms with E-state index in [1.54, 1.807) is 12.1 Å². The van der Waals surface area contributed by atoms with Gasteiger partial charge in [0.05, 0.1) is 11.1 Å². The molecule has 0 saturated carbocycles. The average Bonchev–Trinajstić information content (AvgIpc) is 2.45. The molecule has 0 atom stereocenters. The lowest BCUT2D eigenvalue weighted by molar-refractivity contribution is 0.472. The van der Waals surface area contributed by atoms with E-state index in [-0.39, 0.29) is 28.5 Å². The minimum atomic E-state index is -0.275. The molecule has 5 nitrogen and oxygen atoms in total. The van der Waals surface area contributed by atoms with Gasteiger partial charge in [0.1, 0.15) is 17.4 Å². The lowest BCUT2D eigenvalue weighted by Gasteiger charge is -2.11. The molecule has 0 aliphatic rings. The first-order chi connectivity index (χ1) is 10.0. The lowest BCUT2D eigenvalue weighted by Crippen LogP contribution is -2.17. The molecule has 0 saturated heterocycles. The summed E-state index contributed by atoms with van der Waals surface area (Å²) in [5, 5.41) is 25.2. The maximum absolute atomic E-state index is 10.1. The Kier molecular flexibility index (Phi) is 4.04. The number of nitrogen functional groups attached to an aromatic ring is 2. The van der Waals surface area contributed by atoms with Crippen molar-refractivity contribution >= 4 is 23.8 Å². The van der Waals surface area contributed by atoms with Gasteiger partial charge in [-0.05, 0) is 17.2 Å². The maximum Gasteiger partial charge on any atom is 0.137 e. The third-order valence-corrected chi connectivity index (χ3v) is 3.02. The summed E-state index contributed by atoms with van der Waals surface area (Å²) in [6.07, 6.45) is 3.62. The number of amidine groups is 2. The highest BCUT2D eigenvalue weighted by atomic mass is 16.3. The number of hydrogen-bond acceptors (Lipinski definition) is 3. The van der Waals surface area contributed by atoms with E-state index in [4.69, 9.17) is 22.3 Å². The Morgan fingerprint density at radius 2 is 1.57 bits per heavy atom. The maximum atomic E-state index is 10.1. The van der Waals surface area contributed by atoms with Gasteiger partial charge in [-0.1, -0.05) is 48.6 Å². The van der Waals surface area contributed by atoms with Crippen LogP contribution in [0, 0.1) is 10.8 Å². The van der Waals surface area contributed by atoms with Crippen molar-refractivity contribution in [2.45, 2.75) is 0 Å². The standard InChI is InChI=1S/C16H16N4O/c17-15(18)12-9-8-11(13(14(12)21)16(19)20)7-6-10-4-2-1-3-5-10/h1-9,21H,(H3,17,18)(H3,19,20). The molecule has 5 heteroatoms. The third kappa shape index (κ3) is 3.09. The summed E-state index contributed by atoms with van der Waals surface area (Å²) >= 11 is 0. The van der Waals surface area contributed by atoms with Gasteiger partial charge in [0.25, 0.3) is 0 Å². The molecule has 0 aliphatic heterocycles. The molecule has 21 heavy (non-hydrogen) atoms. The molecule has 0 aromatic heterocycles. The van der Waals surface area contributed by atoms with Crippen molar-refractivity contribution in [3.63, 3.8) is 0 Å². The topological polar surface area (TPSA) is 120 Å². The van der Waals surface area contributed by atoms with Crippen molar-refractivity contribution in [2.75, 3.05) is 0 Å². The normalized spacial score (nSPS) is 10.7. The monoisotopic (exact) mass is 280 g/mol. The summed E-state index contributed by atoms with van der Waals surface area (Å²) in [4.78, 5) is 0. The molecule has 7 N–H and O–H groups in total. The van der Waals surface area contributed by atoms with Crippen LogP contribution in [0.2, 0.25) is 0 Å². The van der Waals surface area contributed by atoms with Crippen molar-refractivity contribution in [1.82, 2.24) is 0 Å². The summed E-state index contributed by atoms with van der Waals surface area (Å²) in [5.41, 5.74) is 12.8. The predicted octanol–water partition coefficient (Wildman–Crippen LogP) is 2.13. The molecular weight excluding hydrogens is 264 g/mol. The first-order valence-electron chi connectivity index (χ1n) is 6.28. The zero-order valence-corrected chi connectivity index (χ0v) is 11.3. The number of benzene rings is 2. The van der Waals surface area contributed by atoms with Crippen LogP contribution >= 0.6 is 0 Å². The Morgan fingerprint density at radius 1 is 0.905 bits per heavy atom. The third-order valence-electron chi connectivity index (χ3n) is 3.02. The van der Waals surface area contributed by atoms with E-state index < -0.39 is 0 Å². The van der Waals surface area contributed by atoms with Crippen LogP contribution in [-0.4, -0.2) is 16.8 Å². The van der Waals surface area contributed by atoms with Crippen LogP contribution in [0.25, 0.3) is 12.2 Å². The second kappa shape index (κ2) is 5.92. The van der Waals surface area contributed by atoms with Crippen molar-refractivity contribution < 1.29 is 5.11 Å². The molecule has 0 amide bonds. The van der Waals surface area contributed by atoms with Gasteiger partial charge in [0.2, 0.25) is 0 Å². The van der Waals surface area contributed by atoms with Crippen LogP contribution in [0.4, 0.5) is 0 Å². The second-order valence-corrected chi connectivity index (χ2v) is 4.50. The zero-order valence-electron chi connectivity index (χ0n) is 11.3. The lowest BCUT2D eigenvalue weighted by atomic mass is 9.99. The molecule has 0 bridgehead atoms. The first kappa shape index (κ1) is 14.3. The number of nitrogens with one attached hydrogen (secondary N) is 2. The number of phenols is 1. The number of phenolic OH excluding ortho intramolecular Hbond substituents is 1. The predicted molar refractivity (Wildman–Crippen MR) is 85.5 cm³/mol. The Balaban J connectivity index is 2.49. The minimum Gasteiger partial charge on any atom is -0.506 e. The van der Waals surface area contributed by atoms with Gasteiger partial charge in [-0.3, -0.25) is 10.8 Å². The molecule has 2 aromatic carbocycles.